The lowest BCUT2D eigenvalue weighted by molar-refractivity contribution is -0.134. The zero-order valence-corrected chi connectivity index (χ0v) is 21.4. The van der Waals surface area contributed by atoms with Crippen LogP contribution in [0.2, 0.25) is 0 Å². The number of carbonyl (C=O) groups excluding carboxylic acids is 1. The van der Waals surface area contributed by atoms with Crippen molar-refractivity contribution in [3.63, 3.8) is 0 Å². The van der Waals surface area contributed by atoms with Gasteiger partial charge in [0, 0.05) is 29.0 Å². The van der Waals surface area contributed by atoms with Crippen LogP contribution in [0.1, 0.15) is 80.8 Å². The number of hydrogen-bond acceptors (Lipinski definition) is 7. The zero-order chi connectivity index (χ0) is 27.1. The van der Waals surface area contributed by atoms with Crippen LogP contribution in [-0.4, -0.2) is 58.5 Å². The maximum atomic E-state index is 13.2. The molecule has 198 valence electrons. The van der Waals surface area contributed by atoms with Gasteiger partial charge in [0.15, 0.2) is 5.78 Å². The predicted octanol–water partition coefficient (Wildman–Crippen LogP) is 3.49. The van der Waals surface area contributed by atoms with E-state index in [0.29, 0.717) is 36.8 Å². The maximum Gasteiger partial charge on any atom is 0.328 e. The van der Waals surface area contributed by atoms with Gasteiger partial charge in [0.25, 0.3) is 0 Å². The molecule has 3 rings (SSSR count). The molecule has 0 heterocycles. The maximum absolute atomic E-state index is 13.2. The van der Waals surface area contributed by atoms with Crippen molar-refractivity contribution in [1.29, 1.82) is 0 Å². The summed E-state index contributed by atoms with van der Waals surface area (Å²) < 4.78 is 0. The van der Waals surface area contributed by atoms with Gasteiger partial charge in [-0.2, -0.15) is 0 Å². The number of fused-ring (bicyclic) bond motifs is 3. The summed E-state index contributed by atoms with van der Waals surface area (Å²) in [5, 5.41) is 30.9. The lowest BCUT2D eigenvalue weighted by atomic mass is 9.49. The molecule has 0 unspecified atom stereocenters. The number of aliphatic hydroxyl groups excluding tert-OH is 1. The van der Waals surface area contributed by atoms with Crippen LogP contribution >= 0.6 is 0 Å². The molecule has 2 aliphatic carbocycles. The van der Waals surface area contributed by atoms with Gasteiger partial charge in [0.1, 0.15) is 12.7 Å². The van der Waals surface area contributed by atoms with Gasteiger partial charge in [0.2, 0.25) is 0 Å². The average Bonchev–Trinajstić information content (AvgIpc) is 2.81. The van der Waals surface area contributed by atoms with Gasteiger partial charge in [0.05, 0.1) is 6.21 Å². The minimum absolute atomic E-state index is 0.162. The normalized spacial score (nSPS) is 27.4. The number of nitrogens with two attached hydrogens (primary N) is 1. The number of aliphatic carboxylic acids is 2. The first-order chi connectivity index (χ1) is 16.9. The number of hydrogen-bond donors (Lipinski definition) is 4. The zero-order valence-electron chi connectivity index (χ0n) is 21.4. The summed E-state index contributed by atoms with van der Waals surface area (Å²) in [6.07, 6.45) is 5.50. The molecule has 2 aliphatic rings. The van der Waals surface area contributed by atoms with Crippen LogP contribution in [0.3, 0.4) is 0 Å². The van der Waals surface area contributed by atoms with E-state index in [-0.39, 0.29) is 17.1 Å². The Kier molecular flexibility index (Phi) is 9.95. The minimum atomic E-state index is -1.26. The summed E-state index contributed by atoms with van der Waals surface area (Å²) in [4.78, 5) is 37.6. The smallest absolute Gasteiger partial charge is 0.328 e. The molecular weight excluding hydrogens is 464 g/mol. The van der Waals surface area contributed by atoms with E-state index in [1.807, 2.05) is 12.3 Å². The highest BCUT2D eigenvalue weighted by molar-refractivity contribution is 6.03. The van der Waals surface area contributed by atoms with Crippen molar-refractivity contribution in [1.82, 2.24) is 0 Å². The molecule has 1 fully saturated rings. The van der Waals surface area contributed by atoms with E-state index in [0.717, 1.165) is 36.8 Å². The molecule has 4 atom stereocenters. The third-order valence-corrected chi connectivity index (χ3v) is 7.21. The number of rotatable bonds is 8. The quantitative estimate of drug-likeness (QED) is 0.182. The van der Waals surface area contributed by atoms with Crippen molar-refractivity contribution in [2.24, 2.45) is 22.2 Å². The van der Waals surface area contributed by atoms with Gasteiger partial charge >= 0.3 is 11.9 Å². The fraction of sp³-hybridized carbons (Fsp3) is 0.556. The van der Waals surface area contributed by atoms with E-state index in [2.05, 4.69) is 45.0 Å². The molecule has 0 spiro atoms. The summed E-state index contributed by atoms with van der Waals surface area (Å²) >= 11 is 0. The van der Waals surface area contributed by atoms with Crippen LogP contribution in [0.25, 0.3) is 0 Å². The summed E-state index contributed by atoms with van der Waals surface area (Å²) in [5.74, 6) is -2.55. The van der Waals surface area contributed by atoms with Gasteiger partial charge in [-0.05, 0) is 54.3 Å². The highest BCUT2D eigenvalue weighted by Gasteiger charge is 2.57. The molecule has 9 nitrogen and oxygen atoms in total. The van der Waals surface area contributed by atoms with E-state index in [1.165, 1.54) is 0 Å². The lowest BCUT2D eigenvalue weighted by Gasteiger charge is -2.55. The highest BCUT2D eigenvalue weighted by Crippen LogP contribution is 2.56. The topological polar surface area (TPSA) is 160 Å². The molecule has 1 saturated carbocycles. The molecule has 1 aromatic carbocycles. The van der Waals surface area contributed by atoms with Crippen LogP contribution in [0.15, 0.2) is 35.5 Å². The summed E-state index contributed by atoms with van der Waals surface area (Å²) in [7, 11) is 0. The molecule has 0 aliphatic heterocycles. The Morgan fingerprint density at radius 1 is 1.19 bits per heavy atom. The summed E-state index contributed by atoms with van der Waals surface area (Å²) in [5.41, 5.74) is 7.71. The van der Waals surface area contributed by atoms with Gasteiger partial charge in [-0.15, -0.1) is 0 Å². The second-order valence-corrected chi connectivity index (χ2v) is 10.2. The largest absolute Gasteiger partial charge is 0.478 e. The standard InChI is InChI=1S/C23H34N2O3.C4H4O4/c1-15(2)16-7-8-18-17(13-16)19(26)20(27)21-22(3,9-5-10-23(18,21)4)14-25-28-12-6-11-24;5-3(6)1-2-4(7)8/h7-8,13-15,20-21,27H,5-6,9-12,24H2,1-4H3;1-2H,(H,5,6)(H,7,8)/b25-14+;2-1+/t20-,21-,22-,23+;/m0./s1. The molecule has 9 heteroatoms. The van der Waals surface area contributed by atoms with E-state index >= 15 is 0 Å². The average molecular weight is 503 g/mol. The van der Waals surface area contributed by atoms with Gasteiger partial charge in [-0.25, -0.2) is 9.59 Å². The fourth-order valence-corrected chi connectivity index (χ4v) is 5.47. The van der Waals surface area contributed by atoms with Crippen molar-refractivity contribution in [3.8, 4) is 0 Å². The lowest BCUT2D eigenvalue weighted by Crippen LogP contribution is -2.58. The van der Waals surface area contributed by atoms with Crippen molar-refractivity contribution >= 4 is 23.9 Å². The number of oxime groups is 1. The van der Waals surface area contributed by atoms with Gasteiger partial charge in [-0.1, -0.05) is 51.4 Å². The number of nitrogens with zero attached hydrogens (tertiary/aromatic N) is 1. The molecule has 0 aromatic heterocycles. The monoisotopic (exact) mass is 502 g/mol. The molecule has 36 heavy (non-hydrogen) atoms. The van der Waals surface area contributed by atoms with E-state index in [1.54, 1.807) is 0 Å². The first-order valence-electron chi connectivity index (χ1n) is 12.2. The molecular formula is C27H38N2O7. The molecule has 0 amide bonds. The number of carbonyl (C=O) groups is 3. The second kappa shape index (κ2) is 12.3. The molecule has 5 N–H and O–H groups in total. The summed E-state index contributed by atoms with van der Waals surface area (Å²) in [6, 6.07) is 6.23. The third kappa shape index (κ3) is 6.59. The van der Waals surface area contributed by atoms with Crippen molar-refractivity contribution in [2.45, 2.75) is 70.8 Å². The second-order valence-electron chi connectivity index (χ2n) is 10.2. The summed E-state index contributed by atoms with van der Waals surface area (Å²) in [6.45, 7) is 9.57. The van der Waals surface area contributed by atoms with Crippen LogP contribution in [0.4, 0.5) is 0 Å². The molecule has 0 radical (unpaired) electrons. The Hall–Kier alpha value is -3.04. The van der Waals surface area contributed by atoms with Crippen LogP contribution in [0.5, 0.6) is 0 Å². The first-order valence-corrected chi connectivity index (χ1v) is 12.2. The Morgan fingerprint density at radius 3 is 2.39 bits per heavy atom. The molecule has 0 saturated heterocycles. The SMILES string of the molecule is CC(C)c1ccc2c(c1)C(=O)[C@H](O)[C@H]1[C@](C)(/C=N/OCCCN)CCC[C@]21C.O=C(O)/C=C/C(=O)O. The van der Waals surface area contributed by atoms with Crippen molar-refractivity contribution < 1.29 is 34.5 Å². The molecule has 0 bridgehead atoms. The van der Waals surface area contributed by atoms with E-state index in [9.17, 15) is 19.5 Å². The van der Waals surface area contributed by atoms with Gasteiger partial charge < -0.3 is 25.9 Å². The number of carboxylic acid groups (broad SMARTS) is 2. The van der Waals surface area contributed by atoms with E-state index in [4.69, 9.17) is 20.8 Å². The Bertz CT molecular complexity index is 1000. The number of ketones is 1. The number of carboxylic acids is 2. The Balaban J connectivity index is 0.000000493. The van der Waals surface area contributed by atoms with Gasteiger partial charge in [-0.3, -0.25) is 4.79 Å². The van der Waals surface area contributed by atoms with Crippen molar-refractivity contribution in [3.05, 3.63) is 47.0 Å². The van der Waals surface area contributed by atoms with Crippen molar-refractivity contribution in [2.75, 3.05) is 13.2 Å². The van der Waals surface area contributed by atoms with E-state index < -0.39 is 23.5 Å². The minimum Gasteiger partial charge on any atom is -0.478 e. The third-order valence-electron chi connectivity index (χ3n) is 7.21. The first kappa shape index (κ1) is 29.2. The highest BCUT2D eigenvalue weighted by atomic mass is 16.6. The van der Waals surface area contributed by atoms with Crippen LogP contribution in [-0.2, 0) is 19.8 Å². The number of aliphatic hydroxyl groups is 1. The Labute approximate surface area is 212 Å². The molecule has 1 aromatic rings. The number of Topliss-reactive ketones (excluding diaryl/α,β-unsaturated/α-hetero) is 1. The number of benzene rings is 1. The van der Waals surface area contributed by atoms with Crippen LogP contribution in [0, 0.1) is 11.3 Å². The fourth-order valence-electron chi connectivity index (χ4n) is 5.47. The van der Waals surface area contributed by atoms with Crippen LogP contribution < -0.4 is 5.73 Å². The predicted molar refractivity (Wildman–Crippen MR) is 136 cm³/mol. The Morgan fingerprint density at radius 2 is 1.83 bits per heavy atom.